The van der Waals surface area contributed by atoms with Crippen molar-refractivity contribution < 1.29 is 9.90 Å². The average Bonchev–Trinajstić information content (AvgIpc) is 2.23. The number of carboxylic acid groups (broad SMARTS) is 1. The molecule has 0 unspecified atom stereocenters. The highest BCUT2D eigenvalue weighted by Gasteiger charge is 2.35. The first kappa shape index (κ1) is 14.0. The van der Waals surface area contributed by atoms with Gasteiger partial charge in [0.2, 0.25) is 0 Å². The maximum atomic E-state index is 11.2. The Morgan fingerprint density at radius 1 is 1.47 bits per heavy atom. The Hall–Kier alpha value is -1.07. The van der Waals surface area contributed by atoms with Gasteiger partial charge in [-0.15, -0.1) is 10.2 Å². The Kier molecular flexibility index (Phi) is 4.16. The minimum Gasteiger partial charge on any atom is -0.480 e. The lowest BCUT2D eigenvalue weighted by atomic mass is 10.0. The monoisotopic (exact) mass is 277 g/mol. The predicted molar refractivity (Wildman–Crippen MR) is 66.8 cm³/mol. The minimum atomic E-state index is -1.11. The molecule has 94 valence electrons. The van der Waals surface area contributed by atoms with E-state index in [9.17, 15) is 9.90 Å². The summed E-state index contributed by atoms with van der Waals surface area (Å²) in [5, 5.41) is 16.8. The number of carboxylic acids is 1. The van der Waals surface area contributed by atoms with Gasteiger partial charge in [-0.25, -0.2) is 4.79 Å². The first-order chi connectivity index (χ1) is 7.80. The van der Waals surface area contributed by atoms with Gasteiger partial charge in [-0.2, -0.15) is 0 Å². The molecular formula is C10H13Cl2N3O2. The molecule has 0 fully saturated rings. The van der Waals surface area contributed by atoms with Crippen molar-refractivity contribution in [1.29, 1.82) is 0 Å². The number of rotatable bonds is 4. The SMILES string of the molecule is CCN(c1cc(Cl)nnc1Cl)C(C)(C)C(=O)O. The number of nitrogens with zero attached hydrogens (tertiary/aromatic N) is 3. The summed E-state index contributed by atoms with van der Waals surface area (Å²) >= 11 is 11.7. The van der Waals surface area contributed by atoms with Crippen molar-refractivity contribution >= 4 is 34.9 Å². The Morgan fingerprint density at radius 2 is 2.06 bits per heavy atom. The van der Waals surface area contributed by atoms with E-state index in [4.69, 9.17) is 23.2 Å². The quantitative estimate of drug-likeness (QED) is 0.916. The molecule has 0 radical (unpaired) electrons. The molecule has 0 amide bonds. The largest absolute Gasteiger partial charge is 0.480 e. The standard InChI is InChI=1S/C10H13Cl2N3O2/c1-4-15(10(2,3)9(16)17)6-5-7(11)13-14-8(6)12/h5H,4H2,1-3H3,(H,16,17). The summed E-state index contributed by atoms with van der Waals surface area (Å²) in [6.45, 7) is 5.46. The van der Waals surface area contributed by atoms with E-state index in [0.717, 1.165) is 0 Å². The topological polar surface area (TPSA) is 66.3 Å². The van der Waals surface area contributed by atoms with Crippen LogP contribution in [0.2, 0.25) is 10.3 Å². The first-order valence-corrected chi connectivity index (χ1v) is 5.76. The minimum absolute atomic E-state index is 0.130. The zero-order valence-electron chi connectivity index (χ0n) is 9.74. The van der Waals surface area contributed by atoms with Crippen LogP contribution < -0.4 is 4.90 Å². The van der Waals surface area contributed by atoms with Gasteiger partial charge in [-0.3, -0.25) is 0 Å². The lowest BCUT2D eigenvalue weighted by Gasteiger charge is -2.36. The van der Waals surface area contributed by atoms with Crippen LogP contribution in [0.4, 0.5) is 5.69 Å². The molecular weight excluding hydrogens is 265 g/mol. The Labute approximate surface area is 109 Å². The van der Waals surface area contributed by atoms with Gasteiger partial charge in [0.25, 0.3) is 0 Å². The molecule has 1 heterocycles. The van der Waals surface area contributed by atoms with E-state index < -0.39 is 11.5 Å². The van der Waals surface area contributed by atoms with Crippen LogP contribution in [0.3, 0.4) is 0 Å². The summed E-state index contributed by atoms with van der Waals surface area (Å²) < 4.78 is 0. The summed E-state index contributed by atoms with van der Waals surface area (Å²) in [7, 11) is 0. The summed E-state index contributed by atoms with van der Waals surface area (Å²) in [6, 6.07) is 1.51. The van der Waals surface area contributed by atoms with E-state index in [1.54, 1.807) is 18.7 Å². The third-order valence-corrected chi connectivity index (χ3v) is 2.96. The second-order valence-electron chi connectivity index (χ2n) is 3.95. The van der Waals surface area contributed by atoms with Crippen molar-refractivity contribution in [2.45, 2.75) is 26.3 Å². The highest BCUT2D eigenvalue weighted by Crippen LogP contribution is 2.30. The molecule has 5 nitrogen and oxygen atoms in total. The maximum absolute atomic E-state index is 11.2. The van der Waals surface area contributed by atoms with Crippen LogP contribution in [-0.2, 0) is 4.79 Å². The molecule has 1 aromatic heterocycles. The second kappa shape index (κ2) is 5.06. The summed E-state index contributed by atoms with van der Waals surface area (Å²) in [5.74, 6) is -0.955. The van der Waals surface area contributed by atoms with Gasteiger partial charge in [0.1, 0.15) is 5.54 Å². The number of carbonyl (C=O) groups is 1. The zero-order chi connectivity index (χ0) is 13.2. The summed E-state index contributed by atoms with van der Waals surface area (Å²) in [6.07, 6.45) is 0. The molecule has 1 rings (SSSR count). The number of halogens is 2. The van der Waals surface area contributed by atoms with Crippen LogP contribution in [0, 0.1) is 0 Å². The highest BCUT2D eigenvalue weighted by atomic mass is 35.5. The van der Waals surface area contributed by atoms with Crippen molar-refractivity contribution in [2.24, 2.45) is 0 Å². The normalized spacial score (nSPS) is 11.4. The van der Waals surface area contributed by atoms with E-state index in [2.05, 4.69) is 10.2 Å². The van der Waals surface area contributed by atoms with Gasteiger partial charge < -0.3 is 10.0 Å². The van der Waals surface area contributed by atoms with Gasteiger partial charge in [0, 0.05) is 12.6 Å². The average molecular weight is 278 g/mol. The van der Waals surface area contributed by atoms with E-state index in [0.29, 0.717) is 12.2 Å². The van der Waals surface area contributed by atoms with Gasteiger partial charge in [0.05, 0.1) is 5.69 Å². The third kappa shape index (κ3) is 2.79. The van der Waals surface area contributed by atoms with Crippen molar-refractivity contribution in [1.82, 2.24) is 10.2 Å². The van der Waals surface area contributed by atoms with Gasteiger partial charge in [-0.05, 0) is 20.8 Å². The molecule has 1 aromatic rings. The van der Waals surface area contributed by atoms with E-state index in [1.807, 2.05) is 6.92 Å². The van der Waals surface area contributed by atoms with Crippen molar-refractivity contribution in [2.75, 3.05) is 11.4 Å². The van der Waals surface area contributed by atoms with Crippen LogP contribution in [0.25, 0.3) is 0 Å². The van der Waals surface area contributed by atoms with Gasteiger partial charge in [-0.1, -0.05) is 23.2 Å². The molecule has 0 saturated carbocycles. The number of likely N-dealkylation sites (N-methyl/N-ethyl adjacent to an activating group) is 1. The molecule has 0 spiro atoms. The molecule has 1 N–H and O–H groups in total. The zero-order valence-corrected chi connectivity index (χ0v) is 11.2. The number of aromatic nitrogens is 2. The third-order valence-electron chi connectivity index (χ3n) is 2.51. The lowest BCUT2D eigenvalue weighted by Crippen LogP contribution is -2.50. The molecule has 0 aromatic carbocycles. The first-order valence-electron chi connectivity index (χ1n) is 5.00. The molecule has 0 bridgehead atoms. The number of anilines is 1. The van der Waals surface area contributed by atoms with Crippen molar-refractivity contribution in [3.05, 3.63) is 16.4 Å². The van der Waals surface area contributed by atoms with Crippen LogP contribution >= 0.6 is 23.2 Å². The fraction of sp³-hybridized carbons (Fsp3) is 0.500. The van der Waals surface area contributed by atoms with E-state index >= 15 is 0 Å². The van der Waals surface area contributed by atoms with Crippen molar-refractivity contribution in [3.8, 4) is 0 Å². The highest BCUT2D eigenvalue weighted by molar-refractivity contribution is 6.33. The van der Waals surface area contributed by atoms with Crippen LogP contribution in [0.15, 0.2) is 6.07 Å². The Balaban J connectivity index is 3.27. The molecule has 0 aliphatic heterocycles. The van der Waals surface area contributed by atoms with Gasteiger partial charge in [0.15, 0.2) is 10.3 Å². The smallest absolute Gasteiger partial charge is 0.328 e. The molecule has 0 aliphatic carbocycles. The number of hydrogen-bond donors (Lipinski definition) is 1. The summed E-state index contributed by atoms with van der Waals surface area (Å²) in [5.41, 5.74) is -0.647. The molecule has 17 heavy (non-hydrogen) atoms. The Morgan fingerprint density at radius 3 is 2.53 bits per heavy atom. The van der Waals surface area contributed by atoms with Crippen LogP contribution in [0.1, 0.15) is 20.8 Å². The molecule has 0 saturated heterocycles. The lowest BCUT2D eigenvalue weighted by molar-refractivity contribution is -0.142. The predicted octanol–water partition coefficient (Wildman–Crippen LogP) is 2.47. The maximum Gasteiger partial charge on any atom is 0.328 e. The van der Waals surface area contributed by atoms with Gasteiger partial charge >= 0.3 is 5.97 Å². The number of hydrogen-bond acceptors (Lipinski definition) is 4. The van der Waals surface area contributed by atoms with E-state index in [-0.39, 0.29) is 10.3 Å². The summed E-state index contributed by atoms with van der Waals surface area (Å²) in [4.78, 5) is 12.8. The number of aliphatic carboxylic acids is 1. The van der Waals surface area contributed by atoms with E-state index in [1.165, 1.54) is 6.07 Å². The molecule has 0 atom stereocenters. The second-order valence-corrected chi connectivity index (χ2v) is 4.70. The Bertz CT molecular complexity index is 438. The fourth-order valence-electron chi connectivity index (χ4n) is 1.52. The fourth-order valence-corrected chi connectivity index (χ4v) is 1.85. The van der Waals surface area contributed by atoms with Crippen LogP contribution in [-0.4, -0.2) is 33.4 Å². The van der Waals surface area contributed by atoms with Crippen molar-refractivity contribution in [3.63, 3.8) is 0 Å². The molecule has 0 aliphatic rings. The molecule has 7 heteroatoms. The van der Waals surface area contributed by atoms with Crippen LogP contribution in [0.5, 0.6) is 0 Å².